The fourth-order valence-electron chi connectivity index (χ4n) is 2.41. The van der Waals surface area contributed by atoms with Gasteiger partial charge in [0, 0.05) is 17.3 Å². The average molecular weight is 270 g/mol. The van der Waals surface area contributed by atoms with E-state index in [0.717, 1.165) is 18.0 Å². The molecule has 2 unspecified atom stereocenters. The smallest absolute Gasteiger partial charge is 0.327 e. The third-order valence-electron chi connectivity index (χ3n) is 3.45. The summed E-state index contributed by atoms with van der Waals surface area (Å²) in [5.74, 6) is 0. The largest absolute Gasteiger partial charge is 0.344 e. The molecule has 1 fully saturated rings. The van der Waals surface area contributed by atoms with E-state index in [0.29, 0.717) is 5.25 Å². The highest BCUT2D eigenvalue weighted by Gasteiger charge is 2.24. The molecule has 5 nitrogen and oxygen atoms in total. The van der Waals surface area contributed by atoms with Crippen molar-refractivity contribution in [1.29, 1.82) is 0 Å². The van der Waals surface area contributed by atoms with Crippen molar-refractivity contribution >= 4 is 11.8 Å². The van der Waals surface area contributed by atoms with E-state index >= 15 is 0 Å². The van der Waals surface area contributed by atoms with Gasteiger partial charge in [0.1, 0.15) is 0 Å². The van der Waals surface area contributed by atoms with Crippen molar-refractivity contribution in [1.82, 2.24) is 14.8 Å². The monoisotopic (exact) mass is 270 g/mol. The molecule has 0 aromatic carbocycles. The summed E-state index contributed by atoms with van der Waals surface area (Å²) < 4.78 is 1.71. The highest BCUT2D eigenvalue weighted by molar-refractivity contribution is 7.99. The molecule has 1 aliphatic carbocycles. The van der Waals surface area contributed by atoms with Crippen molar-refractivity contribution in [2.24, 2.45) is 5.73 Å². The second kappa shape index (κ2) is 5.93. The Morgan fingerprint density at radius 1 is 1.39 bits per heavy atom. The van der Waals surface area contributed by atoms with Gasteiger partial charge in [0.15, 0.2) is 5.16 Å². The van der Waals surface area contributed by atoms with Gasteiger partial charge in [-0.3, -0.25) is 4.57 Å². The molecule has 0 aliphatic heterocycles. The molecule has 2 rings (SSSR count). The van der Waals surface area contributed by atoms with Crippen LogP contribution in [0, 0.1) is 0 Å². The molecule has 102 valence electrons. The van der Waals surface area contributed by atoms with Crippen LogP contribution < -0.4 is 11.4 Å². The summed E-state index contributed by atoms with van der Waals surface area (Å²) in [5, 5.41) is 7.81. The minimum Gasteiger partial charge on any atom is -0.327 e. The van der Waals surface area contributed by atoms with Crippen LogP contribution in [0.3, 0.4) is 0 Å². The number of nitrogens with zero attached hydrogens (tertiary/aromatic N) is 2. The van der Waals surface area contributed by atoms with Gasteiger partial charge in [-0.1, -0.05) is 31.0 Å². The van der Waals surface area contributed by atoms with E-state index in [9.17, 15) is 4.79 Å². The molecule has 0 bridgehead atoms. The summed E-state index contributed by atoms with van der Waals surface area (Å²) in [6.07, 6.45) is 5.90. The van der Waals surface area contributed by atoms with Crippen molar-refractivity contribution in [2.45, 2.75) is 68.4 Å². The number of thioether (sulfide) groups is 1. The second-order valence-corrected chi connectivity index (χ2v) is 6.44. The molecule has 0 saturated heterocycles. The number of hydrogen-bond acceptors (Lipinski definition) is 4. The van der Waals surface area contributed by atoms with Crippen molar-refractivity contribution in [3.05, 3.63) is 10.5 Å². The number of hydrogen-bond donors (Lipinski definition) is 2. The van der Waals surface area contributed by atoms with Crippen molar-refractivity contribution < 1.29 is 0 Å². The number of aromatic nitrogens is 3. The van der Waals surface area contributed by atoms with Gasteiger partial charge < -0.3 is 5.73 Å². The summed E-state index contributed by atoms with van der Waals surface area (Å²) >= 11 is 1.66. The zero-order valence-electron chi connectivity index (χ0n) is 11.1. The Morgan fingerprint density at radius 3 is 2.83 bits per heavy atom. The Bertz CT molecular complexity index is 440. The van der Waals surface area contributed by atoms with Crippen LogP contribution in [0.5, 0.6) is 0 Å². The Morgan fingerprint density at radius 2 is 2.11 bits per heavy atom. The number of H-pyrrole nitrogens is 1. The first kappa shape index (κ1) is 13.7. The number of nitrogens with one attached hydrogen (secondary N) is 1. The molecule has 18 heavy (non-hydrogen) atoms. The molecule has 1 aliphatic rings. The molecule has 1 heterocycles. The van der Waals surface area contributed by atoms with E-state index in [-0.39, 0.29) is 17.8 Å². The van der Waals surface area contributed by atoms with Crippen LogP contribution in [-0.4, -0.2) is 26.1 Å². The van der Waals surface area contributed by atoms with Gasteiger partial charge in [0.2, 0.25) is 0 Å². The van der Waals surface area contributed by atoms with E-state index in [1.54, 1.807) is 16.3 Å². The lowest BCUT2D eigenvalue weighted by Gasteiger charge is -2.20. The zero-order chi connectivity index (χ0) is 13.1. The topological polar surface area (TPSA) is 76.7 Å². The van der Waals surface area contributed by atoms with Crippen LogP contribution in [0.25, 0.3) is 0 Å². The van der Waals surface area contributed by atoms with E-state index in [2.05, 4.69) is 10.2 Å². The van der Waals surface area contributed by atoms with Gasteiger partial charge in [-0.2, -0.15) is 0 Å². The maximum Gasteiger partial charge on any atom is 0.344 e. The van der Waals surface area contributed by atoms with Gasteiger partial charge in [0.25, 0.3) is 0 Å². The van der Waals surface area contributed by atoms with E-state index in [4.69, 9.17) is 5.73 Å². The Hall–Kier alpha value is -0.750. The third-order valence-corrected chi connectivity index (χ3v) is 4.84. The summed E-state index contributed by atoms with van der Waals surface area (Å²) in [4.78, 5) is 11.7. The highest BCUT2D eigenvalue weighted by Crippen LogP contribution is 2.31. The molecule has 0 radical (unpaired) electrons. The Kier molecular flexibility index (Phi) is 4.50. The van der Waals surface area contributed by atoms with Gasteiger partial charge >= 0.3 is 5.69 Å². The van der Waals surface area contributed by atoms with Crippen LogP contribution in [0.15, 0.2) is 9.95 Å². The predicted octanol–water partition coefficient (Wildman–Crippen LogP) is 1.90. The molecule has 0 amide bonds. The molecule has 1 aromatic rings. The lowest BCUT2D eigenvalue weighted by Crippen LogP contribution is -2.31. The minimum absolute atomic E-state index is 0.126. The average Bonchev–Trinajstić information content (AvgIpc) is 2.55. The summed E-state index contributed by atoms with van der Waals surface area (Å²) in [6, 6.07) is 0.339. The maximum atomic E-state index is 11.7. The molecule has 0 spiro atoms. The normalized spacial score (nSPS) is 25.3. The van der Waals surface area contributed by atoms with Gasteiger partial charge in [-0.25, -0.2) is 9.89 Å². The molecule has 1 aromatic heterocycles. The quantitative estimate of drug-likeness (QED) is 0.822. The second-order valence-electron chi connectivity index (χ2n) is 5.23. The fourth-order valence-corrected chi connectivity index (χ4v) is 3.78. The lowest BCUT2D eigenvalue weighted by atomic mass is 10.1. The summed E-state index contributed by atoms with van der Waals surface area (Å²) in [5.41, 5.74) is 6.08. The van der Waals surface area contributed by atoms with Crippen LogP contribution in [0.2, 0.25) is 0 Å². The van der Waals surface area contributed by atoms with Crippen molar-refractivity contribution in [2.75, 3.05) is 0 Å². The molecular weight excluding hydrogens is 248 g/mol. The van der Waals surface area contributed by atoms with Gasteiger partial charge in [-0.05, 0) is 26.7 Å². The van der Waals surface area contributed by atoms with Crippen LogP contribution >= 0.6 is 11.8 Å². The van der Waals surface area contributed by atoms with Crippen molar-refractivity contribution in [3.8, 4) is 0 Å². The highest BCUT2D eigenvalue weighted by atomic mass is 32.2. The van der Waals surface area contributed by atoms with E-state index in [1.165, 1.54) is 19.3 Å². The van der Waals surface area contributed by atoms with Gasteiger partial charge in [0.05, 0.1) is 0 Å². The number of nitrogens with two attached hydrogens (primary N) is 1. The van der Waals surface area contributed by atoms with E-state index in [1.807, 2.05) is 13.8 Å². The minimum atomic E-state index is -0.130. The third kappa shape index (κ3) is 2.98. The van der Waals surface area contributed by atoms with Crippen LogP contribution in [-0.2, 0) is 0 Å². The first-order chi connectivity index (χ1) is 8.59. The Labute approximate surface area is 112 Å². The molecule has 6 heteroatoms. The van der Waals surface area contributed by atoms with Crippen LogP contribution in [0.1, 0.15) is 52.0 Å². The standard InChI is InChI=1S/C12H22N4OS/c1-8(2)16-11(17)14-15-12(16)18-10-7-5-3-4-6-9(10)13/h8-10H,3-7,13H2,1-2H3,(H,14,17). The molecular formula is C12H22N4OS. The van der Waals surface area contributed by atoms with Crippen LogP contribution in [0.4, 0.5) is 0 Å². The Balaban J connectivity index is 2.15. The lowest BCUT2D eigenvalue weighted by molar-refractivity contribution is 0.529. The maximum absolute atomic E-state index is 11.7. The first-order valence-electron chi connectivity index (χ1n) is 6.68. The fraction of sp³-hybridized carbons (Fsp3) is 0.833. The van der Waals surface area contributed by atoms with Crippen molar-refractivity contribution in [3.63, 3.8) is 0 Å². The SMILES string of the molecule is CC(C)n1c(SC2CCCCCC2N)n[nH]c1=O. The first-order valence-corrected chi connectivity index (χ1v) is 7.56. The summed E-state index contributed by atoms with van der Waals surface area (Å²) in [6.45, 7) is 3.99. The predicted molar refractivity (Wildman–Crippen MR) is 73.9 cm³/mol. The number of rotatable bonds is 3. The van der Waals surface area contributed by atoms with Gasteiger partial charge in [-0.15, -0.1) is 5.10 Å². The van der Waals surface area contributed by atoms with E-state index < -0.39 is 0 Å². The molecule has 1 saturated carbocycles. The number of aromatic amines is 1. The molecule has 2 atom stereocenters. The molecule has 3 N–H and O–H groups in total. The summed E-state index contributed by atoms with van der Waals surface area (Å²) in [7, 11) is 0. The zero-order valence-corrected chi connectivity index (χ0v) is 11.9.